The highest BCUT2D eigenvalue weighted by molar-refractivity contribution is 8.00. The van der Waals surface area contributed by atoms with Gasteiger partial charge in [0.15, 0.2) is 6.61 Å². The standard InChI is InChI=1S/C19H21NO3S/c1-13-8-6-9-16(15(13)3)20-18(21)11-23-19(22)12-24-17-10-5-4-7-14(17)2/h4-10H,11-12H2,1-3H3,(H,20,21). The molecule has 2 aromatic rings. The summed E-state index contributed by atoms with van der Waals surface area (Å²) in [6.45, 7) is 5.63. The van der Waals surface area contributed by atoms with Crippen molar-refractivity contribution in [2.24, 2.45) is 0 Å². The van der Waals surface area contributed by atoms with E-state index < -0.39 is 5.97 Å². The number of hydrogen-bond donors (Lipinski definition) is 1. The zero-order valence-electron chi connectivity index (χ0n) is 14.1. The molecule has 0 fully saturated rings. The molecule has 2 rings (SSSR count). The Morgan fingerprint density at radius 2 is 1.71 bits per heavy atom. The van der Waals surface area contributed by atoms with Crippen LogP contribution in [-0.4, -0.2) is 24.2 Å². The Bertz CT molecular complexity index is 743. The third-order valence-electron chi connectivity index (χ3n) is 3.68. The van der Waals surface area contributed by atoms with Crippen molar-refractivity contribution in [2.45, 2.75) is 25.7 Å². The van der Waals surface area contributed by atoms with Gasteiger partial charge >= 0.3 is 5.97 Å². The van der Waals surface area contributed by atoms with E-state index >= 15 is 0 Å². The normalized spacial score (nSPS) is 10.3. The molecule has 0 saturated carbocycles. The van der Waals surface area contributed by atoms with Gasteiger partial charge in [-0.25, -0.2) is 0 Å². The lowest BCUT2D eigenvalue weighted by Gasteiger charge is -2.10. The van der Waals surface area contributed by atoms with Gasteiger partial charge in [0.2, 0.25) is 0 Å². The summed E-state index contributed by atoms with van der Waals surface area (Å²) in [5.41, 5.74) is 3.96. The van der Waals surface area contributed by atoms with Crippen LogP contribution in [0.2, 0.25) is 0 Å². The predicted octanol–water partition coefficient (Wildman–Crippen LogP) is 3.89. The second-order valence-electron chi connectivity index (χ2n) is 5.51. The highest BCUT2D eigenvalue weighted by atomic mass is 32.2. The first-order valence-electron chi connectivity index (χ1n) is 7.67. The number of aryl methyl sites for hydroxylation is 2. The maximum absolute atomic E-state index is 11.9. The Balaban J connectivity index is 1.78. The van der Waals surface area contributed by atoms with E-state index in [0.29, 0.717) is 0 Å². The summed E-state index contributed by atoms with van der Waals surface area (Å²) >= 11 is 1.41. The molecule has 0 aliphatic rings. The molecule has 4 nitrogen and oxygen atoms in total. The molecule has 5 heteroatoms. The van der Waals surface area contributed by atoms with Gasteiger partial charge in [-0.1, -0.05) is 30.3 Å². The summed E-state index contributed by atoms with van der Waals surface area (Å²) in [7, 11) is 0. The average molecular weight is 343 g/mol. The SMILES string of the molecule is Cc1ccccc1SCC(=O)OCC(=O)Nc1cccc(C)c1C. The monoisotopic (exact) mass is 343 g/mol. The Kier molecular flexibility index (Phi) is 6.44. The van der Waals surface area contributed by atoms with Crippen molar-refractivity contribution in [3.05, 3.63) is 59.2 Å². The zero-order valence-corrected chi connectivity index (χ0v) is 14.9. The first-order chi connectivity index (χ1) is 11.5. The van der Waals surface area contributed by atoms with E-state index in [0.717, 1.165) is 27.3 Å². The number of benzene rings is 2. The molecule has 0 bridgehead atoms. The smallest absolute Gasteiger partial charge is 0.316 e. The summed E-state index contributed by atoms with van der Waals surface area (Å²) < 4.78 is 5.04. The van der Waals surface area contributed by atoms with Crippen molar-refractivity contribution < 1.29 is 14.3 Å². The van der Waals surface area contributed by atoms with Crippen LogP contribution in [0.25, 0.3) is 0 Å². The van der Waals surface area contributed by atoms with Gasteiger partial charge in [-0.2, -0.15) is 0 Å². The Hall–Kier alpha value is -2.27. The van der Waals surface area contributed by atoms with Crippen LogP contribution < -0.4 is 5.32 Å². The van der Waals surface area contributed by atoms with Crippen LogP contribution in [0, 0.1) is 20.8 Å². The molecule has 0 unspecified atom stereocenters. The van der Waals surface area contributed by atoms with Crippen LogP contribution in [0.5, 0.6) is 0 Å². The van der Waals surface area contributed by atoms with Crippen molar-refractivity contribution in [1.82, 2.24) is 0 Å². The number of esters is 1. The number of nitrogens with one attached hydrogen (secondary N) is 1. The van der Waals surface area contributed by atoms with Gasteiger partial charge in [0.05, 0.1) is 5.75 Å². The maximum atomic E-state index is 11.9. The fraction of sp³-hybridized carbons (Fsp3) is 0.263. The lowest BCUT2D eigenvalue weighted by molar-refractivity contribution is -0.144. The van der Waals surface area contributed by atoms with E-state index in [9.17, 15) is 9.59 Å². The molecule has 0 heterocycles. The molecule has 2 aromatic carbocycles. The largest absolute Gasteiger partial charge is 0.455 e. The molecule has 1 amide bonds. The molecule has 0 spiro atoms. The minimum absolute atomic E-state index is 0.182. The molecule has 0 aromatic heterocycles. The molecule has 1 N–H and O–H groups in total. The molecule has 24 heavy (non-hydrogen) atoms. The molecule has 0 saturated heterocycles. The number of carbonyl (C=O) groups is 2. The van der Waals surface area contributed by atoms with Gasteiger partial charge in [-0.05, 0) is 49.6 Å². The summed E-state index contributed by atoms with van der Waals surface area (Å²) in [5.74, 6) is -0.556. The van der Waals surface area contributed by atoms with Gasteiger partial charge in [0.25, 0.3) is 5.91 Å². The van der Waals surface area contributed by atoms with Crippen molar-refractivity contribution in [1.29, 1.82) is 0 Å². The summed E-state index contributed by atoms with van der Waals surface area (Å²) in [6, 6.07) is 13.5. The van der Waals surface area contributed by atoms with Crippen LogP contribution in [0.1, 0.15) is 16.7 Å². The minimum atomic E-state index is -0.403. The highest BCUT2D eigenvalue weighted by Gasteiger charge is 2.10. The van der Waals surface area contributed by atoms with E-state index in [1.54, 1.807) is 0 Å². The third kappa shape index (κ3) is 5.13. The van der Waals surface area contributed by atoms with Crippen molar-refractivity contribution in [2.75, 3.05) is 17.7 Å². The van der Waals surface area contributed by atoms with E-state index in [1.165, 1.54) is 11.8 Å². The van der Waals surface area contributed by atoms with E-state index in [-0.39, 0.29) is 18.3 Å². The summed E-state index contributed by atoms with van der Waals surface area (Å²) in [5, 5.41) is 2.77. The first kappa shape index (κ1) is 18.1. The summed E-state index contributed by atoms with van der Waals surface area (Å²) in [4.78, 5) is 24.7. The second kappa shape index (κ2) is 8.55. The molecule has 0 aliphatic heterocycles. The minimum Gasteiger partial charge on any atom is -0.455 e. The van der Waals surface area contributed by atoms with Gasteiger partial charge in [0, 0.05) is 10.6 Å². The lowest BCUT2D eigenvalue weighted by Crippen LogP contribution is -2.22. The van der Waals surface area contributed by atoms with Crippen LogP contribution in [-0.2, 0) is 14.3 Å². The van der Waals surface area contributed by atoms with E-state index in [2.05, 4.69) is 5.32 Å². The van der Waals surface area contributed by atoms with Crippen molar-refractivity contribution >= 4 is 29.3 Å². The molecule has 0 radical (unpaired) electrons. The fourth-order valence-corrected chi connectivity index (χ4v) is 2.94. The second-order valence-corrected chi connectivity index (χ2v) is 6.53. The molecule has 0 aliphatic carbocycles. The highest BCUT2D eigenvalue weighted by Crippen LogP contribution is 2.21. The average Bonchev–Trinajstić information content (AvgIpc) is 2.56. The van der Waals surface area contributed by atoms with Crippen LogP contribution >= 0.6 is 11.8 Å². The molecular formula is C19H21NO3S. The number of amides is 1. The Labute approximate surface area is 146 Å². The first-order valence-corrected chi connectivity index (χ1v) is 8.66. The molecular weight excluding hydrogens is 322 g/mol. The van der Waals surface area contributed by atoms with Gasteiger partial charge in [-0.3, -0.25) is 9.59 Å². The number of hydrogen-bond acceptors (Lipinski definition) is 4. The number of carbonyl (C=O) groups excluding carboxylic acids is 2. The number of rotatable bonds is 6. The van der Waals surface area contributed by atoms with E-state index in [4.69, 9.17) is 4.74 Å². The third-order valence-corrected chi connectivity index (χ3v) is 4.83. The summed E-state index contributed by atoms with van der Waals surface area (Å²) in [6.07, 6.45) is 0. The maximum Gasteiger partial charge on any atom is 0.316 e. The van der Waals surface area contributed by atoms with E-state index in [1.807, 2.05) is 63.2 Å². The van der Waals surface area contributed by atoms with Crippen molar-refractivity contribution in [3.63, 3.8) is 0 Å². The van der Waals surface area contributed by atoms with Crippen LogP contribution in [0.15, 0.2) is 47.4 Å². The lowest BCUT2D eigenvalue weighted by atomic mass is 10.1. The quantitative estimate of drug-likeness (QED) is 0.639. The number of thioether (sulfide) groups is 1. The number of anilines is 1. The van der Waals surface area contributed by atoms with Crippen LogP contribution in [0.4, 0.5) is 5.69 Å². The predicted molar refractivity (Wildman–Crippen MR) is 97.4 cm³/mol. The Morgan fingerprint density at radius 1 is 1.00 bits per heavy atom. The zero-order chi connectivity index (χ0) is 17.5. The van der Waals surface area contributed by atoms with Crippen LogP contribution in [0.3, 0.4) is 0 Å². The number of ether oxygens (including phenoxy) is 1. The van der Waals surface area contributed by atoms with Gasteiger partial charge in [-0.15, -0.1) is 11.8 Å². The molecule has 126 valence electrons. The van der Waals surface area contributed by atoms with Gasteiger partial charge in [0.1, 0.15) is 0 Å². The topological polar surface area (TPSA) is 55.4 Å². The fourth-order valence-electron chi connectivity index (χ4n) is 2.12. The van der Waals surface area contributed by atoms with Crippen molar-refractivity contribution in [3.8, 4) is 0 Å². The molecule has 0 atom stereocenters. The Morgan fingerprint density at radius 3 is 2.46 bits per heavy atom. The van der Waals surface area contributed by atoms with Gasteiger partial charge < -0.3 is 10.1 Å².